The molecule has 0 bridgehead atoms. The van der Waals surface area contributed by atoms with E-state index in [2.05, 4.69) is 5.32 Å². The van der Waals surface area contributed by atoms with Gasteiger partial charge >= 0.3 is 0 Å². The van der Waals surface area contributed by atoms with Crippen molar-refractivity contribution in [3.63, 3.8) is 0 Å². The highest BCUT2D eigenvalue weighted by molar-refractivity contribution is 6.05. The second-order valence-electron chi connectivity index (χ2n) is 6.78. The van der Waals surface area contributed by atoms with Gasteiger partial charge in [-0.15, -0.1) is 0 Å². The molecule has 3 N–H and O–H groups in total. The predicted molar refractivity (Wildman–Crippen MR) is 103 cm³/mol. The van der Waals surface area contributed by atoms with Crippen molar-refractivity contribution in [1.82, 2.24) is 9.78 Å². The molecule has 1 fully saturated rings. The summed E-state index contributed by atoms with van der Waals surface area (Å²) < 4.78 is 1.79. The molecule has 0 radical (unpaired) electrons. The molecule has 4 rings (SSSR count). The molecule has 6 nitrogen and oxygen atoms in total. The minimum absolute atomic E-state index is 0.256. The number of nitrogens with one attached hydrogen (secondary N) is 1. The molecule has 0 spiro atoms. The predicted octanol–water partition coefficient (Wildman–Crippen LogP) is 3.41. The molecule has 136 valence electrons. The van der Waals surface area contributed by atoms with E-state index in [-0.39, 0.29) is 5.91 Å². The third kappa shape index (κ3) is 3.33. The summed E-state index contributed by atoms with van der Waals surface area (Å²) in [7, 11) is 0. The standard InChI is InChI=1S/C21H20N4O2/c1-13-18(14-7-8-14)24-25(17-5-3-2-4-6-17)20(13)23-21(27)16-11-9-15(10-12-16)19(22)26/h2-6,9-12,14H,7-8H2,1H3,(H2,22,26)(H,23,27). The highest BCUT2D eigenvalue weighted by atomic mass is 16.2. The van der Waals surface area contributed by atoms with Crippen LogP contribution in [-0.2, 0) is 0 Å². The van der Waals surface area contributed by atoms with Gasteiger partial charge < -0.3 is 11.1 Å². The zero-order valence-corrected chi connectivity index (χ0v) is 15.0. The quantitative estimate of drug-likeness (QED) is 0.730. The third-order valence-electron chi connectivity index (χ3n) is 4.79. The van der Waals surface area contributed by atoms with Crippen molar-refractivity contribution >= 4 is 17.6 Å². The number of nitrogens with two attached hydrogens (primary N) is 1. The van der Waals surface area contributed by atoms with Crippen molar-refractivity contribution in [1.29, 1.82) is 0 Å². The zero-order valence-electron chi connectivity index (χ0n) is 15.0. The monoisotopic (exact) mass is 360 g/mol. The van der Waals surface area contributed by atoms with Gasteiger partial charge in [-0.25, -0.2) is 4.68 Å². The maximum absolute atomic E-state index is 12.8. The Hall–Kier alpha value is -3.41. The van der Waals surface area contributed by atoms with Crippen LogP contribution in [0.25, 0.3) is 5.69 Å². The van der Waals surface area contributed by atoms with Gasteiger partial charge in [-0.05, 0) is 56.2 Å². The summed E-state index contributed by atoms with van der Waals surface area (Å²) in [6.07, 6.45) is 2.27. The van der Waals surface area contributed by atoms with Gasteiger partial charge in [-0.3, -0.25) is 9.59 Å². The number of benzene rings is 2. The summed E-state index contributed by atoms with van der Waals surface area (Å²) in [6, 6.07) is 16.0. The summed E-state index contributed by atoms with van der Waals surface area (Å²) >= 11 is 0. The lowest BCUT2D eigenvalue weighted by Crippen LogP contribution is -2.16. The molecule has 3 aromatic rings. The number of hydrogen-bond donors (Lipinski definition) is 2. The Kier molecular flexibility index (Phi) is 4.24. The lowest BCUT2D eigenvalue weighted by molar-refractivity contribution is 0.0995. The van der Waals surface area contributed by atoms with E-state index in [1.165, 1.54) is 0 Å². The van der Waals surface area contributed by atoms with Crippen LogP contribution in [0.1, 0.15) is 50.7 Å². The SMILES string of the molecule is Cc1c(C2CC2)nn(-c2ccccc2)c1NC(=O)c1ccc(C(N)=O)cc1. The van der Waals surface area contributed by atoms with Crippen LogP contribution in [0.4, 0.5) is 5.82 Å². The van der Waals surface area contributed by atoms with E-state index in [1.54, 1.807) is 28.9 Å². The van der Waals surface area contributed by atoms with Crippen molar-refractivity contribution < 1.29 is 9.59 Å². The number of amides is 2. The van der Waals surface area contributed by atoms with E-state index >= 15 is 0 Å². The van der Waals surface area contributed by atoms with Crippen molar-refractivity contribution in [2.45, 2.75) is 25.7 Å². The Morgan fingerprint density at radius 3 is 2.26 bits per heavy atom. The van der Waals surface area contributed by atoms with E-state index in [1.807, 2.05) is 37.3 Å². The summed E-state index contributed by atoms with van der Waals surface area (Å²) in [5, 5.41) is 7.76. The van der Waals surface area contributed by atoms with Gasteiger partial charge in [0.1, 0.15) is 5.82 Å². The minimum Gasteiger partial charge on any atom is -0.366 e. The van der Waals surface area contributed by atoms with Gasteiger partial charge in [0.25, 0.3) is 5.91 Å². The Bertz CT molecular complexity index is 1000. The molecule has 0 unspecified atom stereocenters. The van der Waals surface area contributed by atoms with E-state index in [9.17, 15) is 9.59 Å². The molecule has 0 saturated heterocycles. The van der Waals surface area contributed by atoms with E-state index in [4.69, 9.17) is 10.8 Å². The molecule has 27 heavy (non-hydrogen) atoms. The molecular weight excluding hydrogens is 340 g/mol. The fraction of sp³-hybridized carbons (Fsp3) is 0.190. The average Bonchev–Trinajstić information content (AvgIpc) is 3.48. The first-order chi connectivity index (χ1) is 13.0. The molecule has 2 amide bonds. The normalized spacial score (nSPS) is 13.4. The van der Waals surface area contributed by atoms with Crippen molar-refractivity contribution in [3.8, 4) is 5.69 Å². The molecule has 1 aromatic heterocycles. The topological polar surface area (TPSA) is 90.0 Å². The molecule has 1 heterocycles. The number of aromatic nitrogens is 2. The highest BCUT2D eigenvalue weighted by Gasteiger charge is 2.31. The zero-order chi connectivity index (χ0) is 19.0. The van der Waals surface area contributed by atoms with Crippen LogP contribution >= 0.6 is 0 Å². The van der Waals surface area contributed by atoms with Gasteiger partial charge in [0.2, 0.25) is 5.91 Å². The van der Waals surface area contributed by atoms with Gasteiger partial charge in [0, 0.05) is 22.6 Å². The number of nitrogens with zero attached hydrogens (tertiary/aromatic N) is 2. The highest BCUT2D eigenvalue weighted by Crippen LogP contribution is 2.43. The first kappa shape index (κ1) is 17.0. The van der Waals surface area contributed by atoms with Crippen LogP contribution in [0.3, 0.4) is 0 Å². The maximum Gasteiger partial charge on any atom is 0.256 e. The number of para-hydroxylation sites is 1. The summed E-state index contributed by atoms with van der Waals surface area (Å²) in [6.45, 7) is 1.99. The van der Waals surface area contributed by atoms with Crippen LogP contribution < -0.4 is 11.1 Å². The summed E-state index contributed by atoms with van der Waals surface area (Å²) in [5.41, 5.74) is 9.00. The maximum atomic E-state index is 12.8. The lowest BCUT2D eigenvalue weighted by Gasteiger charge is -2.10. The van der Waals surface area contributed by atoms with Crippen LogP contribution in [0.5, 0.6) is 0 Å². The third-order valence-corrected chi connectivity index (χ3v) is 4.79. The molecule has 1 saturated carbocycles. The largest absolute Gasteiger partial charge is 0.366 e. The first-order valence-corrected chi connectivity index (χ1v) is 8.90. The smallest absolute Gasteiger partial charge is 0.256 e. The van der Waals surface area contributed by atoms with Gasteiger partial charge in [0.05, 0.1) is 11.4 Å². The van der Waals surface area contributed by atoms with Gasteiger partial charge in [-0.1, -0.05) is 18.2 Å². The summed E-state index contributed by atoms with van der Waals surface area (Å²) in [5.74, 6) is 0.370. The van der Waals surface area contributed by atoms with Crippen LogP contribution in [0, 0.1) is 6.92 Å². The van der Waals surface area contributed by atoms with Crippen LogP contribution in [0.15, 0.2) is 54.6 Å². The lowest BCUT2D eigenvalue weighted by atomic mass is 10.1. The second kappa shape index (κ2) is 6.72. The molecule has 1 aliphatic rings. The molecular formula is C21H20N4O2. The molecule has 0 atom stereocenters. The van der Waals surface area contributed by atoms with E-state index < -0.39 is 5.91 Å². The Balaban J connectivity index is 1.68. The molecule has 2 aromatic carbocycles. The van der Waals surface area contributed by atoms with Crippen molar-refractivity contribution in [2.24, 2.45) is 5.73 Å². The Morgan fingerprint density at radius 1 is 1.04 bits per heavy atom. The van der Waals surface area contributed by atoms with E-state index in [0.717, 1.165) is 29.8 Å². The fourth-order valence-corrected chi connectivity index (χ4v) is 3.13. The fourth-order valence-electron chi connectivity index (χ4n) is 3.13. The Morgan fingerprint density at radius 2 is 1.67 bits per heavy atom. The number of carbonyl (C=O) groups excluding carboxylic acids is 2. The van der Waals surface area contributed by atoms with Crippen LogP contribution in [0.2, 0.25) is 0 Å². The van der Waals surface area contributed by atoms with Gasteiger partial charge in [0.15, 0.2) is 0 Å². The number of anilines is 1. The number of primary amides is 1. The first-order valence-electron chi connectivity index (χ1n) is 8.90. The van der Waals surface area contributed by atoms with Crippen molar-refractivity contribution in [3.05, 3.63) is 77.0 Å². The minimum atomic E-state index is -0.519. The number of hydrogen-bond acceptors (Lipinski definition) is 3. The molecule has 0 aliphatic heterocycles. The summed E-state index contributed by atoms with van der Waals surface area (Å²) in [4.78, 5) is 24.0. The molecule has 6 heteroatoms. The average molecular weight is 360 g/mol. The molecule has 1 aliphatic carbocycles. The van der Waals surface area contributed by atoms with Gasteiger partial charge in [-0.2, -0.15) is 5.10 Å². The van der Waals surface area contributed by atoms with E-state index in [0.29, 0.717) is 22.9 Å². The van der Waals surface area contributed by atoms with Crippen LogP contribution in [-0.4, -0.2) is 21.6 Å². The van der Waals surface area contributed by atoms with Crippen molar-refractivity contribution in [2.75, 3.05) is 5.32 Å². The number of carbonyl (C=O) groups is 2. The Labute approximate surface area is 157 Å². The number of rotatable bonds is 5. The second-order valence-corrected chi connectivity index (χ2v) is 6.78.